The van der Waals surface area contributed by atoms with E-state index < -0.39 is 0 Å². The predicted octanol–water partition coefficient (Wildman–Crippen LogP) is 5.58. The van der Waals surface area contributed by atoms with Gasteiger partial charge in [-0.25, -0.2) is 9.67 Å². The van der Waals surface area contributed by atoms with Crippen LogP contribution in [0, 0.1) is 18.3 Å². The van der Waals surface area contributed by atoms with Gasteiger partial charge < -0.3 is 0 Å². The van der Waals surface area contributed by atoms with Crippen LogP contribution in [0.5, 0.6) is 0 Å². The second-order valence-electron chi connectivity index (χ2n) is 6.75. The summed E-state index contributed by atoms with van der Waals surface area (Å²) >= 11 is 3.46. The fourth-order valence-corrected chi connectivity index (χ4v) is 4.04. The van der Waals surface area contributed by atoms with Crippen molar-refractivity contribution >= 4 is 37.9 Å². The number of fused-ring (bicyclic) bond motifs is 2. The highest BCUT2D eigenvalue weighted by Crippen LogP contribution is 2.32. The lowest BCUT2D eigenvalue weighted by atomic mass is 10.0. The molecule has 0 aliphatic heterocycles. The summed E-state index contributed by atoms with van der Waals surface area (Å²) in [7, 11) is 0. The maximum absolute atomic E-state index is 9.17. The molecule has 3 heterocycles. The van der Waals surface area contributed by atoms with E-state index in [1.165, 1.54) is 0 Å². The number of halogens is 1. The summed E-state index contributed by atoms with van der Waals surface area (Å²) in [6.07, 6.45) is 3.69. The summed E-state index contributed by atoms with van der Waals surface area (Å²) in [5.74, 6) is 0. The molecule has 5 aromatic rings. The van der Waals surface area contributed by atoms with Crippen molar-refractivity contribution in [1.29, 1.82) is 5.26 Å². The Morgan fingerprint density at radius 2 is 1.90 bits per heavy atom. The smallest absolute Gasteiger partial charge is 0.163 e. The van der Waals surface area contributed by atoms with Crippen molar-refractivity contribution in [2.45, 2.75) is 6.92 Å². The van der Waals surface area contributed by atoms with Crippen molar-refractivity contribution in [3.63, 3.8) is 0 Å². The van der Waals surface area contributed by atoms with Crippen LogP contribution >= 0.6 is 15.9 Å². The minimum Gasteiger partial charge on any atom is -0.256 e. The zero-order chi connectivity index (χ0) is 20.0. The number of rotatable bonds is 2. The minimum atomic E-state index is 0.581. The lowest BCUT2D eigenvalue weighted by Crippen LogP contribution is -1.98. The van der Waals surface area contributed by atoms with E-state index in [-0.39, 0.29) is 0 Å². The third-order valence-corrected chi connectivity index (χ3v) is 5.62. The van der Waals surface area contributed by atoms with Gasteiger partial charge in [0.1, 0.15) is 6.07 Å². The van der Waals surface area contributed by atoms with Gasteiger partial charge in [0, 0.05) is 27.8 Å². The summed E-state index contributed by atoms with van der Waals surface area (Å²) in [6, 6.07) is 19.9. The van der Waals surface area contributed by atoms with E-state index in [2.05, 4.69) is 44.1 Å². The lowest BCUT2D eigenvalue weighted by molar-refractivity contribution is 0.877. The van der Waals surface area contributed by atoms with E-state index >= 15 is 0 Å². The molecule has 6 heteroatoms. The van der Waals surface area contributed by atoms with Gasteiger partial charge >= 0.3 is 0 Å². The zero-order valence-electron chi connectivity index (χ0n) is 15.5. The van der Waals surface area contributed by atoms with Crippen LogP contribution in [0.1, 0.15) is 11.3 Å². The van der Waals surface area contributed by atoms with E-state index in [1.807, 2.05) is 54.2 Å². The van der Waals surface area contributed by atoms with Crippen LogP contribution in [0.3, 0.4) is 0 Å². The number of nitriles is 1. The second kappa shape index (κ2) is 6.80. The van der Waals surface area contributed by atoms with Crippen LogP contribution in [-0.2, 0) is 0 Å². The Morgan fingerprint density at radius 3 is 2.72 bits per heavy atom. The van der Waals surface area contributed by atoms with Crippen LogP contribution in [0.15, 0.2) is 71.5 Å². The average Bonchev–Trinajstić information content (AvgIpc) is 3.10. The molecule has 0 spiro atoms. The normalized spacial score (nSPS) is 11.1. The third kappa shape index (κ3) is 2.87. The molecule has 0 saturated carbocycles. The van der Waals surface area contributed by atoms with Gasteiger partial charge in [-0.05, 0) is 64.8 Å². The second-order valence-corrected chi connectivity index (χ2v) is 7.60. The van der Waals surface area contributed by atoms with E-state index in [1.54, 1.807) is 12.3 Å². The first-order valence-corrected chi connectivity index (χ1v) is 9.84. The van der Waals surface area contributed by atoms with E-state index in [0.29, 0.717) is 5.56 Å². The number of para-hydroxylation sites is 1. The third-order valence-electron chi connectivity index (χ3n) is 4.96. The minimum absolute atomic E-state index is 0.581. The quantitative estimate of drug-likeness (QED) is 0.360. The van der Waals surface area contributed by atoms with Gasteiger partial charge in [-0.15, -0.1) is 0 Å². The topological polar surface area (TPSA) is 67.4 Å². The zero-order valence-corrected chi connectivity index (χ0v) is 17.1. The Balaban J connectivity index is 1.73. The van der Waals surface area contributed by atoms with Crippen molar-refractivity contribution in [1.82, 2.24) is 19.7 Å². The molecule has 5 nitrogen and oxygen atoms in total. The van der Waals surface area contributed by atoms with Crippen molar-refractivity contribution in [3.8, 4) is 22.9 Å². The van der Waals surface area contributed by atoms with Gasteiger partial charge in [-0.2, -0.15) is 10.4 Å². The SMILES string of the molecule is Cc1nn(-c2ccc(C#N)c(Br)c2)c2nccc(-c3cnc4ccccc4c3)c12. The highest BCUT2D eigenvalue weighted by Gasteiger charge is 2.16. The van der Waals surface area contributed by atoms with Crippen molar-refractivity contribution in [3.05, 3.63) is 82.7 Å². The largest absolute Gasteiger partial charge is 0.256 e. The number of nitrogens with zero attached hydrogens (tertiary/aromatic N) is 5. The molecular weight excluding hydrogens is 426 g/mol. The maximum atomic E-state index is 9.17. The van der Waals surface area contributed by atoms with Crippen LogP contribution in [0.4, 0.5) is 0 Å². The molecule has 3 aromatic heterocycles. The number of benzene rings is 2. The Morgan fingerprint density at radius 1 is 1.03 bits per heavy atom. The van der Waals surface area contributed by atoms with Crippen LogP contribution in [-0.4, -0.2) is 19.7 Å². The molecule has 0 atom stereocenters. The van der Waals surface area contributed by atoms with Gasteiger partial charge in [-0.3, -0.25) is 4.98 Å². The summed E-state index contributed by atoms with van der Waals surface area (Å²) in [4.78, 5) is 9.20. The molecule has 0 aliphatic carbocycles. The summed E-state index contributed by atoms with van der Waals surface area (Å²) in [5, 5.41) is 16.0. The Kier molecular flexibility index (Phi) is 4.11. The average molecular weight is 440 g/mol. The van der Waals surface area contributed by atoms with Crippen molar-refractivity contribution in [2.24, 2.45) is 0 Å². The summed E-state index contributed by atoms with van der Waals surface area (Å²) < 4.78 is 2.54. The first kappa shape index (κ1) is 17.5. The first-order chi connectivity index (χ1) is 14.2. The highest BCUT2D eigenvalue weighted by atomic mass is 79.9. The van der Waals surface area contributed by atoms with E-state index in [4.69, 9.17) is 5.10 Å². The molecule has 29 heavy (non-hydrogen) atoms. The molecule has 0 aliphatic rings. The summed E-state index contributed by atoms with van der Waals surface area (Å²) in [6.45, 7) is 1.98. The summed E-state index contributed by atoms with van der Waals surface area (Å²) in [5.41, 5.74) is 6.12. The number of aryl methyl sites for hydroxylation is 1. The highest BCUT2D eigenvalue weighted by molar-refractivity contribution is 9.10. The molecule has 2 aromatic carbocycles. The molecular formula is C23H14BrN5. The molecule has 0 saturated heterocycles. The molecule has 138 valence electrons. The monoisotopic (exact) mass is 439 g/mol. The number of hydrogen-bond acceptors (Lipinski definition) is 4. The molecule has 0 bridgehead atoms. The number of aromatic nitrogens is 4. The van der Waals surface area contributed by atoms with Gasteiger partial charge in [0.2, 0.25) is 0 Å². The first-order valence-electron chi connectivity index (χ1n) is 9.05. The predicted molar refractivity (Wildman–Crippen MR) is 117 cm³/mol. The Bertz CT molecular complexity index is 1450. The van der Waals surface area contributed by atoms with Gasteiger partial charge in [0.25, 0.3) is 0 Å². The lowest BCUT2D eigenvalue weighted by Gasteiger charge is -2.07. The van der Waals surface area contributed by atoms with E-state index in [9.17, 15) is 5.26 Å². The standard InChI is InChI=1S/C23H14BrN5/c1-14-22-19(17-10-15-4-2-3-5-21(15)27-13-17)8-9-26-23(22)29(28-14)18-7-6-16(12-25)20(24)11-18/h2-11,13H,1H3. The van der Waals surface area contributed by atoms with Crippen LogP contribution in [0.25, 0.3) is 38.8 Å². The fraction of sp³-hybridized carbons (Fsp3) is 0.0435. The van der Waals surface area contributed by atoms with Crippen molar-refractivity contribution < 1.29 is 0 Å². The molecule has 0 fully saturated rings. The molecule has 0 N–H and O–H groups in total. The fourth-order valence-electron chi connectivity index (χ4n) is 3.58. The molecule has 0 radical (unpaired) electrons. The number of hydrogen-bond donors (Lipinski definition) is 0. The van der Waals surface area contributed by atoms with Gasteiger partial charge in [0.05, 0.1) is 27.8 Å². The molecule has 0 unspecified atom stereocenters. The maximum Gasteiger partial charge on any atom is 0.163 e. The van der Waals surface area contributed by atoms with Crippen LogP contribution in [0.2, 0.25) is 0 Å². The Labute approximate surface area is 175 Å². The van der Waals surface area contributed by atoms with E-state index in [0.717, 1.165) is 48.9 Å². The van der Waals surface area contributed by atoms with Gasteiger partial charge in [0.15, 0.2) is 5.65 Å². The Hall–Kier alpha value is -3.56. The molecule has 5 rings (SSSR count). The van der Waals surface area contributed by atoms with Crippen molar-refractivity contribution in [2.75, 3.05) is 0 Å². The van der Waals surface area contributed by atoms with Gasteiger partial charge in [-0.1, -0.05) is 18.2 Å². The molecule has 0 amide bonds. The number of pyridine rings is 2. The van der Waals surface area contributed by atoms with Crippen LogP contribution < -0.4 is 0 Å².